The van der Waals surface area contributed by atoms with Gasteiger partial charge < -0.3 is 10.2 Å². The molecule has 1 aliphatic carbocycles. The van der Waals surface area contributed by atoms with Gasteiger partial charge >= 0.3 is 0 Å². The van der Waals surface area contributed by atoms with Crippen molar-refractivity contribution in [3.05, 3.63) is 29.3 Å². The number of thioether (sulfide) groups is 1. The highest BCUT2D eigenvalue weighted by Crippen LogP contribution is 2.31. The molecule has 0 saturated heterocycles. The highest BCUT2D eigenvalue weighted by atomic mass is 32.2. The van der Waals surface area contributed by atoms with E-state index in [1.165, 1.54) is 12.8 Å². The molecule has 1 N–H and O–H groups in total. The number of hydrogen-bond donors (Lipinski definition) is 1. The Hall–Kier alpha value is -1.49. The van der Waals surface area contributed by atoms with E-state index in [0.717, 1.165) is 29.8 Å². The summed E-state index contributed by atoms with van der Waals surface area (Å²) in [6.07, 6.45) is 4.29. The zero-order chi connectivity index (χ0) is 16.4. The van der Waals surface area contributed by atoms with Crippen LogP contribution in [0.3, 0.4) is 0 Å². The summed E-state index contributed by atoms with van der Waals surface area (Å²) in [5.41, 5.74) is 2.76. The lowest BCUT2D eigenvalue weighted by atomic mass is 10.1. The molecule has 1 saturated carbocycles. The van der Waals surface area contributed by atoms with Gasteiger partial charge in [0.15, 0.2) is 0 Å². The van der Waals surface area contributed by atoms with E-state index < -0.39 is 0 Å². The summed E-state index contributed by atoms with van der Waals surface area (Å²) < 4.78 is 0. The van der Waals surface area contributed by atoms with Crippen molar-refractivity contribution in [3.63, 3.8) is 0 Å². The van der Waals surface area contributed by atoms with E-state index in [4.69, 9.17) is 0 Å². The second-order valence-electron chi connectivity index (χ2n) is 6.27. The first-order valence-corrected chi connectivity index (χ1v) is 9.48. The molecule has 1 heterocycles. The molecule has 124 valence electrons. The van der Waals surface area contributed by atoms with Crippen molar-refractivity contribution in [1.82, 2.24) is 5.32 Å². The predicted octanol–water partition coefficient (Wildman–Crippen LogP) is 3.00. The van der Waals surface area contributed by atoms with Crippen molar-refractivity contribution < 1.29 is 9.59 Å². The maximum atomic E-state index is 12.6. The van der Waals surface area contributed by atoms with Crippen LogP contribution in [0.1, 0.15) is 49.0 Å². The topological polar surface area (TPSA) is 49.4 Å². The lowest BCUT2D eigenvalue weighted by molar-refractivity contribution is -0.116. The van der Waals surface area contributed by atoms with E-state index in [2.05, 4.69) is 12.2 Å². The summed E-state index contributed by atoms with van der Waals surface area (Å²) in [6, 6.07) is 5.98. The van der Waals surface area contributed by atoms with Gasteiger partial charge in [-0.2, -0.15) is 11.8 Å². The van der Waals surface area contributed by atoms with Crippen LogP contribution in [0.4, 0.5) is 5.69 Å². The fourth-order valence-electron chi connectivity index (χ4n) is 3.63. The fourth-order valence-corrected chi connectivity index (χ4v) is 4.82. The first-order chi connectivity index (χ1) is 11.1. The second-order valence-corrected chi connectivity index (χ2v) is 7.78. The molecule has 4 nitrogen and oxygen atoms in total. The zero-order valence-electron chi connectivity index (χ0n) is 13.8. The Morgan fingerprint density at radius 2 is 2.17 bits per heavy atom. The summed E-state index contributed by atoms with van der Waals surface area (Å²) in [4.78, 5) is 25.9. The molecule has 0 spiro atoms. The summed E-state index contributed by atoms with van der Waals surface area (Å²) in [7, 11) is 0. The molecule has 5 heteroatoms. The maximum absolute atomic E-state index is 12.6. The number of amides is 2. The van der Waals surface area contributed by atoms with Crippen molar-refractivity contribution in [2.75, 3.05) is 17.2 Å². The van der Waals surface area contributed by atoms with Crippen LogP contribution in [-0.2, 0) is 11.2 Å². The molecular weight excluding hydrogens is 308 g/mol. The second kappa shape index (κ2) is 6.95. The van der Waals surface area contributed by atoms with Crippen LogP contribution in [0.5, 0.6) is 0 Å². The summed E-state index contributed by atoms with van der Waals surface area (Å²) >= 11 is 1.95. The predicted molar refractivity (Wildman–Crippen MR) is 95.2 cm³/mol. The minimum Gasteiger partial charge on any atom is -0.348 e. The first kappa shape index (κ1) is 16.4. The molecule has 2 atom stereocenters. The SMILES string of the molecule is CCS[C@H]1CCC[C@@H]1NC(=O)c1ccc2c(c1)CCN2C(C)=O. The van der Waals surface area contributed by atoms with Gasteiger partial charge in [-0.05, 0) is 48.8 Å². The lowest BCUT2D eigenvalue weighted by Crippen LogP contribution is -2.38. The van der Waals surface area contributed by atoms with Gasteiger partial charge in [0.25, 0.3) is 5.91 Å². The maximum Gasteiger partial charge on any atom is 0.251 e. The van der Waals surface area contributed by atoms with Gasteiger partial charge in [0, 0.05) is 36.0 Å². The average molecular weight is 332 g/mol. The van der Waals surface area contributed by atoms with Gasteiger partial charge in [0.2, 0.25) is 5.91 Å². The molecule has 23 heavy (non-hydrogen) atoms. The van der Waals surface area contributed by atoms with Gasteiger partial charge in [-0.1, -0.05) is 13.3 Å². The molecule has 0 unspecified atom stereocenters. The molecule has 1 fully saturated rings. The van der Waals surface area contributed by atoms with Gasteiger partial charge in [-0.3, -0.25) is 9.59 Å². The lowest BCUT2D eigenvalue weighted by Gasteiger charge is -2.20. The van der Waals surface area contributed by atoms with E-state index in [9.17, 15) is 9.59 Å². The van der Waals surface area contributed by atoms with Crippen molar-refractivity contribution in [2.45, 2.75) is 50.8 Å². The summed E-state index contributed by atoms with van der Waals surface area (Å²) in [6.45, 7) is 4.47. The molecule has 1 aromatic rings. The van der Waals surface area contributed by atoms with Crippen molar-refractivity contribution in [1.29, 1.82) is 0 Å². The van der Waals surface area contributed by atoms with Crippen LogP contribution in [0.2, 0.25) is 0 Å². The molecule has 2 amide bonds. The van der Waals surface area contributed by atoms with Crippen molar-refractivity contribution in [2.24, 2.45) is 0 Å². The molecular formula is C18H24N2O2S. The van der Waals surface area contributed by atoms with Gasteiger partial charge in [-0.15, -0.1) is 0 Å². The van der Waals surface area contributed by atoms with Crippen LogP contribution in [-0.4, -0.2) is 35.4 Å². The number of carbonyl (C=O) groups excluding carboxylic acids is 2. The molecule has 0 radical (unpaired) electrons. The van der Waals surface area contributed by atoms with E-state index in [-0.39, 0.29) is 17.9 Å². The third-order valence-electron chi connectivity index (χ3n) is 4.77. The van der Waals surface area contributed by atoms with Crippen LogP contribution < -0.4 is 10.2 Å². The number of nitrogens with zero attached hydrogens (tertiary/aromatic N) is 1. The Morgan fingerprint density at radius 1 is 1.35 bits per heavy atom. The Bertz CT molecular complexity index is 617. The summed E-state index contributed by atoms with van der Waals surface area (Å²) in [5, 5.41) is 3.76. The third kappa shape index (κ3) is 3.39. The smallest absolute Gasteiger partial charge is 0.251 e. The van der Waals surface area contributed by atoms with Crippen molar-refractivity contribution >= 4 is 29.3 Å². The largest absolute Gasteiger partial charge is 0.348 e. The molecule has 1 aliphatic heterocycles. The number of fused-ring (bicyclic) bond motifs is 1. The Labute approximate surface area is 142 Å². The number of nitrogens with one attached hydrogen (secondary N) is 1. The minimum atomic E-state index is 0.0164. The number of anilines is 1. The van der Waals surface area contributed by atoms with E-state index in [1.807, 2.05) is 30.0 Å². The quantitative estimate of drug-likeness (QED) is 0.922. The Kier molecular flexibility index (Phi) is 4.95. The number of hydrogen-bond acceptors (Lipinski definition) is 3. The molecule has 0 aromatic heterocycles. The Morgan fingerprint density at radius 3 is 2.91 bits per heavy atom. The Balaban J connectivity index is 1.70. The summed E-state index contributed by atoms with van der Waals surface area (Å²) in [5.74, 6) is 1.17. The number of rotatable bonds is 4. The van der Waals surface area contributed by atoms with Crippen LogP contribution in [0.25, 0.3) is 0 Å². The van der Waals surface area contributed by atoms with Gasteiger partial charge in [-0.25, -0.2) is 0 Å². The number of benzene rings is 1. The third-order valence-corrected chi connectivity index (χ3v) is 6.09. The fraction of sp³-hybridized carbons (Fsp3) is 0.556. The van der Waals surface area contributed by atoms with Gasteiger partial charge in [0.05, 0.1) is 0 Å². The average Bonchev–Trinajstić information content (AvgIpc) is 3.14. The molecule has 1 aromatic carbocycles. The highest BCUT2D eigenvalue weighted by molar-refractivity contribution is 7.99. The van der Waals surface area contributed by atoms with E-state index in [1.54, 1.807) is 11.8 Å². The monoisotopic (exact) mass is 332 g/mol. The standard InChI is InChI=1S/C18H24N2O2S/c1-3-23-17-6-4-5-15(17)19-18(22)14-7-8-16-13(11-14)9-10-20(16)12(2)21/h7-8,11,15,17H,3-6,9-10H2,1-2H3,(H,19,22)/t15-,17-/m0/s1. The van der Waals surface area contributed by atoms with Crippen molar-refractivity contribution in [3.8, 4) is 0 Å². The zero-order valence-corrected chi connectivity index (χ0v) is 14.6. The van der Waals surface area contributed by atoms with E-state index in [0.29, 0.717) is 17.4 Å². The van der Waals surface area contributed by atoms with E-state index >= 15 is 0 Å². The number of carbonyl (C=O) groups is 2. The molecule has 2 aliphatic rings. The molecule has 0 bridgehead atoms. The minimum absolute atomic E-state index is 0.0164. The first-order valence-electron chi connectivity index (χ1n) is 8.43. The molecule has 3 rings (SSSR count). The van der Waals surface area contributed by atoms with Crippen LogP contribution in [0.15, 0.2) is 18.2 Å². The normalized spacial score (nSPS) is 23.0. The van der Waals surface area contributed by atoms with Crippen LogP contribution >= 0.6 is 11.8 Å². The highest BCUT2D eigenvalue weighted by Gasteiger charge is 2.29. The van der Waals surface area contributed by atoms with Crippen LogP contribution in [0, 0.1) is 0 Å². The van der Waals surface area contributed by atoms with Gasteiger partial charge in [0.1, 0.15) is 0 Å².